The zero-order chi connectivity index (χ0) is 11.7. The lowest BCUT2D eigenvalue weighted by Crippen LogP contribution is -1.87. The molecule has 0 heteroatoms. The standard InChI is InChI=1S/C15H25/c1-6-14(4)10-8-12-15(5)11-7-9-13(2)3/h1,6,9,12,14H,7-8,10-11H2,2-5H3/b6-1?,15-12+. The molecule has 0 aromatic carbocycles. The molecule has 85 valence electrons. The van der Waals surface area contributed by atoms with Gasteiger partial charge in [0.2, 0.25) is 0 Å². The van der Waals surface area contributed by atoms with Crippen LogP contribution >= 0.6 is 0 Å². The monoisotopic (exact) mass is 205 g/mol. The number of hydrogen-bond acceptors (Lipinski definition) is 0. The highest BCUT2D eigenvalue weighted by atomic mass is 14.0. The van der Waals surface area contributed by atoms with Crippen LogP contribution in [0.4, 0.5) is 0 Å². The van der Waals surface area contributed by atoms with Gasteiger partial charge in [0.25, 0.3) is 0 Å². The molecule has 0 heterocycles. The van der Waals surface area contributed by atoms with Crippen LogP contribution < -0.4 is 0 Å². The van der Waals surface area contributed by atoms with Crippen molar-refractivity contribution in [2.45, 2.75) is 53.4 Å². The van der Waals surface area contributed by atoms with Crippen molar-refractivity contribution in [2.75, 3.05) is 0 Å². The molecule has 0 saturated heterocycles. The third kappa shape index (κ3) is 9.52. The summed E-state index contributed by atoms with van der Waals surface area (Å²) >= 11 is 0. The Balaban J connectivity index is 3.70. The molecule has 0 aromatic heterocycles. The fourth-order valence-corrected chi connectivity index (χ4v) is 1.38. The van der Waals surface area contributed by atoms with Crippen molar-refractivity contribution in [3.8, 4) is 0 Å². The van der Waals surface area contributed by atoms with Crippen LogP contribution in [0, 0.1) is 12.5 Å². The van der Waals surface area contributed by atoms with Crippen LogP contribution in [0.3, 0.4) is 0 Å². The van der Waals surface area contributed by atoms with Gasteiger partial charge in [-0.3, -0.25) is 0 Å². The second-order valence-electron chi connectivity index (χ2n) is 4.62. The Morgan fingerprint density at radius 1 is 1.13 bits per heavy atom. The molecule has 0 aliphatic heterocycles. The van der Waals surface area contributed by atoms with E-state index in [0.717, 1.165) is 12.8 Å². The first-order valence-corrected chi connectivity index (χ1v) is 5.90. The van der Waals surface area contributed by atoms with Gasteiger partial charge in [-0.05, 0) is 52.4 Å². The maximum atomic E-state index is 5.45. The molecule has 0 N–H and O–H groups in total. The van der Waals surface area contributed by atoms with Gasteiger partial charge in [0, 0.05) is 0 Å². The van der Waals surface area contributed by atoms with Crippen LogP contribution in [0.1, 0.15) is 53.4 Å². The van der Waals surface area contributed by atoms with E-state index in [1.54, 1.807) is 6.08 Å². The lowest BCUT2D eigenvalue weighted by molar-refractivity contribution is 0.655. The molecule has 0 aliphatic rings. The van der Waals surface area contributed by atoms with Gasteiger partial charge >= 0.3 is 0 Å². The number of hydrogen-bond donors (Lipinski definition) is 0. The Morgan fingerprint density at radius 3 is 2.33 bits per heavy atom. The van der Waals surface area contributed by atoms with Crippen molar-refractivity contribution < 1.29 is 0 Å². The van der Waals surface area contributed by atoms with E-state index in [4.69, 9.17) is 6.58 Å². The van der Waals surface area contributed by atoms with Crippen molar-refractivity contribution >= 4 is 0 Å². The van der Waals surface area contributed by atoms with Crippen molar-refractivity contribution in [1.82, 2.24) is 0 Å². The molecule has 0 aliphatic carbocycles. The maximum absolute atomic E-state index is 5.45. The van der Waals surface area contributed by atoms with Crippen LogP contribution in [-0.2, 0) is 0 Å². The summed E-state index contributed by atoms with van der Waals surface area (Å²) in [7, 11) is 0. The molecule has 0 rings (SSSR count). The van der Waals surface area contributed by atoms with Gasteiger partial charge in [-0.15, -0.1) is 0 Å². The van der Waals surface area contributed by atoms with Gasteiger partial charge in [0.15, 0.2) is 0 Å². The molecule has 0 aromatic rings. The molecular weight excluding hydrogens is 180 g/mol. The molecule has 0 spiro atoms. The van der Waals surface area contributed by atoms with Crippen LogP contribution in [0.2, 0.25) is 0 Å². The van der Waals surface area contributed by atoms with Crippen LogP contribution in [0.25, 0.3) is 0 Å². The van der Waals surface area contributed by atoms with Gasteiger partial charge in [-0.1, -0.05) is 42.9 Å². The minimum Gasteiger partial charge on any atom is -0.0856 e. The summed E-state index contributed by atoms with van der Waals surface area (Å²) in [6.45, 7) is 14.1. The summed E-state index contributed by atoms with van der Waals surface area (Å²) in [5.74, 6) is 0.534. The zero-order valence-electron chi connectivity index (χ0n) is 10.7. The summed E-state index contributed by atoms with van der Waals surface area (Å²) in [5, 5.41) is 0. The average Bonchev–Trinajstić information content (AvgIpc) is 2.17. The average molecular weight is 205 g/mol. The Morgan fingerprint density at radius 2 is 1.80 bits per heavy atom. The fraction of sp³-hybridized carbons (Fsp3) is 0.600. The lowest BCUT2D eigenvalue weighted by atomic mass is 10.0. The molecule has 1 unspecified atom stereocenters. The van der Waals surface area contributed by atoms with Crippen molar-refractivity contribution in [1.29, 1.82) is 0 Å². The Bertz CT molecular complexity index is 226. The highest BCUT2D eigenvalue weighted by Crippen LogP contribution is 2.11. The van der Waals surface area contributed by atoms with Gasteiger partial charge in [0.1, 0.15) is 0 Å². The largest absolute Gasteiger partial charge is 0.0856 e. The second-order valence-corrected chi connectivity index (χ2v) is 4.62. The highest BCUT2D eigenvalue weighted by Gasteiger charge is 1.94. The predicted molar refractivity (Wildman–Crippen MR) is 69.7 cm³/mol. The third-order valence-corrected chi connectivity index (χ3v) is 2.53. The van der Waals surface area contributed by atoms with E-state index in [1.807, 2.05) is 0 Å². The Kier molecular flexibility index (Phi) is 8.08. The predicted octanol–water partition coefficient (Wildman–Crippen LogP) is 5.08. The van der Waals surface area contributed by atoms with Crippen molar-refractivity contribution in [3.63, 3.8) is 0 Å². The lowest BCUT2D eigenvalue weighted by Gasteiger charge is -2.03. The first-order chi connectivity index (χ1) is 7.06. The second kappa shape index (κ2) is 8.52. The first kappa shape index (κ1) is 14.2. The molecule has 0 nitrogen and oxygen atoms in total. The van der Waals surface area contributed by atoms with Crippen molar-refractivity contribution in [2.24, 2.45) is 5.92 Å². The quantitative estimate of drug-likeness (QED) is 0.508. The van der Waals surface area contributed by atoms with E-state index in [9.17, 15) is 0 Å². The van der Waals surface area contributed by atoms with Gasteiger partial charge in [0.05, 0.1) is 0 Å². The zero-order valence-corrected chi connectivity index (χ0v) is 10.7. The topological polar surface area (TPSA) is 0 Å². The minimum absolute atomic E-state index is 0.534. The van der Waals surface area contributed by atoms with Crippen LogP contribution in [0.15, 0.2) is 29.4 Å². The summed E-state index contributed by atoms with van der Waals surface area (Å²) in [6.07, 6.45) is 11.1. The van der Waals surface area contributed by atoms with Crippen LogP contribution in [-0.4, -0.2) is 0 Å². The number of allylic oxidation sites excluding steroid dienone is 5. The molecule has 1 radical (unpaired) electrons. The van der Waals surface area contributed by atoms with E-state index in [-0.39, 0.29) is 0 Å². The smallest absolute Gasteiger partial charge is 0.0256 e. The Hall–Kier alpha value is -0.780. The molecule has 1 atom stereocenters. The molecule has 15 heavy (non-hydrogen) atoms. The van der Waals surface area contributed by atoms with E-state index >= 15 is 0 Å². The molecular formula is C15H25. The highest BCUT2D eigenvalue weighted by molar-refractivity contribution is 5.02. The van der Waals surface area contributed by atoms with Crippen molar-refractivity contribution in [3.05, 3.63) is 36.0 Å². The summed E-state index contributed by atoms with van der Waals surface area (Å²) < 4.78 is 0. The van der Waals surface area contributed by atoms with E-state index in [2.05, 4.69) is 39.8 Å². The molecule has 0 saturated carbocycles. The minimum atomic E-state index is 0.534. The molecule has 0 fully saturated rings. The first-order valence-electron chi connectivity index (χ1n) is 5.90. The van der Waals surface area contributed by atoms with E-state index in [1.165, 1.54) is 24.0 Å². The van der Waals surface area contributed by atoms with E-state index < -0.39 is 0 Å². The molecule has 0 bridgehead atoms. The van der Waals surface area contributed by atoms with Crippen LogP contribution in [0.5, 0.6) is 0 Å². The summed E-state index contributed by atoms with van der Waals surface area (Å²) in [5.41, 5.74) is 2.91. The summed E-state index contributed by atoms with van der Waals surface area (Å²) in [4.78, 5) is 0. The fourth-order valence-electron chi connectivity index (χ4n) is 1.38. The number of rotatable bonds is 7. The van der Waals surface area contributed by atoms with Gasteiger partial charge in [-0.2, -0.15) is 0 Å². The normalized spacial score (nSPS) is 13.5. The summed E-state index contributed by atoms with van der Waals surface area (Å²) in [6, 6.07) is 0. The third-order valence-electron chi connectivity index (χ3n) is 2.53. The van der Waals surface area contributed by atoms with E-state index in [0.29, 0.717) is 5.92 Å². The SMILES string of the molecule is [CH]=CC(C)CC/C=C(\C)CCC=C(C)C. The molecule has 0 amide bonds. The maximum Gasteiger partial charge on any atom is -0.0256 e. The van der Waals surface area contributed by atoms with Gasteiger partial charge < -0.3 is 0 Å². The van der Waals surface area contributed by atoms with Gasteiger partial charge in [-0.25, -0.2) is 0 Å². The Labute approximate surface area is 95.8 Å².